The molecule has 0 spiro atoms. The van der Waals surface area contributed by atoms with Crippen molar-refractivity contribution in [1.82, 2.24) is 15.0 Å². The Balaban J connectivity index is 1.81. The van der Waals surface area contributed by atoms with Crippen molar-refractivity contribution in [2.45, 2.75) is 18.9 Å². The first-order chi connectivity index (χ1) is 12.2. The second-order valence-corrected chi connectivity index (χ2v) is 6.80. The number of nitrogens with two attached hydrogens (primary N) is 1. The summed E-state index contributed by atoms with van der Waals surface area (Å²) in [4.78, 5) is 12.7. The number of amidine groups is 1. The Bertz CT molecular complexity index is 917. The van der Waals surface area contributed by atoms with E-state index in [4.69, 9.17) is 16.1 Å². The lowest BCUT2D eigenvalue weighted by atomic mass is 9.96. The second kappa shape index (κ2) is 6.14. The number of aromatic nitrogens is 2. The molecule has 4 N–H and O–H groups in total. The smallest absolute Gasteiger partial charge is 0.144 e. The van der Waals surface area contributed by atoms with Crippen LogP contribution in [-0.4, -0.2) is 38.9 Å². The maximum Gasteiger partial charge on any atom is 0.144 e. The summed E-state index contributed by atoms with van der Waals surface area (Å²) in [6, 6.07) is 3.99. The molecular formula is C17H17N7S. The summed E-state index contributed by atoms with van der Waals surface area (Å²) < 4.78 is 0. The quantitative estimate of drug-likeness (QED) is 0.582. The molecule has 7 nitrogen and oxygen atoms in total. The van der Waals surface area contributed by atoms with Crippen LogP contribution >= 0.6 is 11.3 Å². The average Bonchev–Trinajstić information content (AvgIpc) is 3.31. The van der Waals surface area contributed by atoms with E-state index in [-0.39, 0.29) is 12.0 Å². The molecule has 25 heavy (non-hydrogen) atoms. The predicted octanol–water partition coefficient (Wildman–Crippen LogP) is 2.68. The number of fused-ring (bicyclic) bond motifs is 1. The Labute approximate surface area is 148 Å². The van der Waals surface area contributed by atoms with Crippen molar-refractivity contribution in [3.63, 3.8) is 0 Å². The Morgan fingerprint density at radius 3 is 3.12 bits per heavy atom. The van der Waals surface area contributed by atoms with E-state index in [0.29, 0.717) is 5.84 Å². The molecule has 0 aliphatic carbocycles. The highest BCUT2D eigenvalue weighted by atomic mass is 32.1. The number of aromatic amines is 1. The topological polar surface area (TPSA) is 107 Å². The lowest BCUT2D eigenvalue weighted by molar-refractivity contribution is 0.351. The van der Waals surface area contributed by atoms with Gasteiger partial charge in [0, 0.05) is 18.1 Å². The highest BCUT2D eigenvalue weighted by Gasteiger charge is 2.37. The van der Waals surface area contributed by atoms with Gasteiger partial charge in [-0.15, -0.1) is 11.3 Å². The standard InChI is InChI=1S/C17H17N7S/c1-10-13(12-6-2-3-8-24(12)23-10)17-22-14(11-5-4-7-20-11)15(25-17)16(19)21-9-18/h2-9,12-13,20H,1H3,(H3,18,19,21). The highest BCUT2D eigenvalue weighted by molar-refractivity contribution is 7.14. The van der Waals surface area contributed by atoms with Crippen LogP contribution < -0.4 is 5.73 Å². The van der Waals surface area contributed by atoms with Gasteiger partial charge in [-0.3, -0.25) is 10.4 Å². The van der Waals surface area contributed by atoms with Crippen LogP contribution in [-0.2, 0) is 0 Å². The molecule has 2 aliphatic heterocycles. The van der Waals surface area contributed by atoms with Crippen LogP contribution in [0.1, 0.15) is 22.7 Å². The maximum absolute atomic E-state index is 7.20. The molecule has 2 aromatic heterocycles. The Morgan fingerprint density at radius 2 is 2.36 bits per heavy atom. The zero-order valence-corrected chi connectivity index (χ0v) is 14.4. The number of hydrogen-bond acceptors (Lipinski definition) is 5. The predicted molar refractivity (Wildman–Crippen MR) is 101 cm³/mol. The molecule has 0 saturated carbocycles. The van der Waals surface area contributed by atoms with Gasteiger partial charge in [-0.1, -0.05) is 12.2 Å². The molecule has 0 amide bonds. The SMILES string of the molecule is CC1=NN2C=CC=CC2C1c1nc(-c2ccc[nH]2)c(C(N)=NC=N)s1. The minimum atomic E-state index is 0.0708. The van der Waals surface area contributed by atoms with Crippen molar-refractivity contribution >= 4 is 29.2 Å². The van der Waals surface area contributed by atoms with Gasteiger partial charge in [0.25, 0.3) is 0 Å². The molecule has 0 radical (unpaired) electrons. The molecule has 0 fully saturated rings. The van der Waals surface area contributed by atoms with Gasteiger partial charge in [0.2, 0.25) is 0 Å². The van der Waals surface area contributed by atoms with Crippen molar-refractivity contribution in [1.29, 1.82) is 5.41 Å². The molecule has 0 saturated heterocycles. The summed E-state index contributed by atoms with van der Waals surface area (Å²) in [6.07, 6.45) is 10.9. The number of hydrazone groups is 1. The van der Waals surface area contributed by atoms with Crippen LogP contribution in [0.2, 0.25) is 0 Å². The number of thiazole rings is 1. The van der Waals surface area contributed by atoms with Crippen molar-refractivity contribution in [3.05, 3.63) is 52.6 Å². The molecule has 8 heteroatoms. The largest absolute Gasteiger partial charge is 0.382 e. The molecule has 2 aliphatic rings. The minimum Gasteiger partial charge on any atom is -0.382 e. The maximum atomic E-state index is 7.20. The van der Waals surface area contributed by atoms with Gasteiger partial charge in [0.15, 0.2) is 0 Å². The second-order valence-electron chi connectivity index (χ2n) is 5.77. The van der Waals surface area contributed by atoms with E-state index in [2.05, 4.69) is 21.2 Å². The number of hydrogen-bond donors (Lipinski definition) is 3. The van der Waals surface area contributed by atoms with Crippen molar-refractivity contribution < 1.29 is 0 Å². The molecule has 126 valence electrons. The normalized spacial score (nSPS) is 22.2. The van der Waals surface area contributed by atoms with Gasteiger partial charge < -0.3 is 10.7 Å². The van der Waals surface area contributed by atoms with E-state index in [1.807, 2.05) is 48.6 Å². The zero-order valence-electron chi connectivity index (χ0n) is 13.5. The molecule has 4 rings (SSSR count). The fourth-order valence-corrected chi connectivity index (χ4v) is 4.31. The van der Waals surface area contributed by atoms with E-state index in [0.717, 1.165) is 33.3 Å². The minimum absolute atomic E-state index is 0.0708. The lowest BCUT2D eigenvalue weighted by Crippen LogP contribution is -2.27. The Hall–Kier alpha value is -3.00. The fraction of sp³-hybridized carbons (Fsp3) is 0.176. The molecule has 2 aromatic rings. The summed E-state index contributed by atoms with van der Waals surface area (Å²) in [5, 5.41) is 14.7. The Kier molecular flexibility index (Phi) is 3.81. The zero-order chi connectivity index (χ0) is 17.4. The third-order valence-electron chi connectivity index (χ3n) is 4.23. The summed E-state index contributed by atoms with van der Waals surface area (Å²) in [5.74, 6) is 0.369. The molecular weight excluding hydrogens is 334 g/mol. The van der Waals surface area contributed by atoms with E-state index >= 15 is 0 Å². The fourth-order valence-electron chi connectivity index (χ4n) is 3.12. The number of nitrogens with one attached hydrogen (secondary N) is 2. The number of allylic oxidation sites excluding steroid dienone is 2. The number of aliphatic imine (C=N–C) groups is 1. The average molecular weight is 351 g/mol. The number of nitrogens with zero attached hydrogens (tertiary/aromatic N) is 4. The van der Waals surface area contributed by atoms with Crippen molar-refractivity contribution in [2.75, 3.05) is 0 Å². The monoisotopic (exact) mass is 351 g/mol. The van der Waals surface area contributed by atoms with E-state index in [9.17, 15) is 0 Å². The molecule has 2 atom stereocenters. The van der Waals surface area contributed by atoms with Gasteiger partial charge in [0.1, 0.15) is 22.9 Å². The first-order valence-electron chi connectivity index (χ1n) is 7.84. The molecule has 4 heterocycles. The van der Waals surface area contributed by atoms with Gasteiger partial charge in [-0.2, -0.15) is 5.10 Å². The summed E-state index contributed by atoms with van der Waals surface area (Å²) >= 11 is 1.51. The highest BCUT2D eigenvalue weighted by Crippen LogP contribution is 2.38. The van der Waals surface area contributed by atoms with E-state index in [1.165, 1.54) is 11.3 Å². The summed E-state index contributed by atoms with van der Waals surface area (Å²) in [7, 11) is 0. The Morgan fingerprint density at radius 1 is 1.48 bits per heavy atom. The van der Waals surface area contributed by atoms with Gasteiger partial charge in [-0.05, 0) is 25.1 Å². The number of rotatable bonds is 4. The molecule has 0 bridgehead atoms. The van der Waals surface area contributed by atoms with Crippen LogP contribution in [0.15, 0.2) is 52.9 Å². The third kappa shape index (κ3) is 2.60. The van der Waals surface area contributed by atoms with E-state index < -0.39 is 0 Å². The van der Waals surface area contributed by atoms with E-state index in [1.54, 1.807) is 0 Å². The van der Waals surface area contributed by atoms with Gasteiger partial charge in [-0.25, -0.2) is 9.98 Å². The summed E-state index contributed by atoms with van der Waals surface area (Å²) in [6.45, 7) is 2.02. The first-order valence-corrected chi connectivity index (χ1v) is 8.66. The molecule has 2 unspecified atom stereocenters. The van der Waals surface area contributed by atoms with Crippen molar-refractivity contribution in [3.8, 4) is 11.4 Å². The van der Waals surface area contributed by atoms with Crippen LogP contribution in [0.25, 0.3) is 11.4 Å². The van der Waals surface area contributed by atoms with Crippen LogP contribution in [0.3, 0.4) is 0 Å². The first kappa shape index (κ1) is 15.5. The third-order valence-corrected chi connectivity index (χ3v) is 5.39. The lowest BCUT2D eigenvalue weighted by Gasteiger charge is -2.23. The van der Waals surface area contributed by atoms with Crippen molar-refractivity contribution in [2.24, 2.45) is 15.8 Å². The van der Waals surface area contributed by atoms with Crippen LogP contribution in [0.5, 0.6) is 0 Å². The van der Waals surface area contributed by atoms with Gasteiger partial charge >= 0.3 is 0 Å². The summed E-state index contributed by atoms with van der Waals surface area (Å²) in [5.41, 5.74) is 8.73. The number of H-pyrrole nitrogens is 1. The van der Waals surface area contributed by atoms with Crippen LogP contribution in [0.4, 0.5) is 0 Å². The molecule has 0 aromatic carbocycles. The van der Waals surface area contributed by atoms with Crippen LogP contribution in [0, 0.1) is 5.41 Å². The van der Waals surface area contributed by atoms with Gasteiger partial charge in [0.05, 0.1) is 22.5 Å².